The van der Waals surface area contributed by atoms with Gasteiger partial charge in [0.15, 0.2) is 0 Å². The van der Waals surface area contributed by atoms with Crippen molar-refractivity contribution >= 4 is 28.2 Å². The zero-order valence-electron chi connectivity index (χ0n) is 10.2. The van der Waals surface area contributed by atoms with E-state index in [0.29, 0.717) is 5.82 Å². The average molecular weight is 257 g/mol. The van der Waals surface area contributed by atoms with Crippen LogP contribution >= 0.6 is 0 Å². The van der Waals surface area contributed by atoms with Gasteiger partial charge in [-0.2, -0.15) is 0 Å². The predicted molar refractivity (Wildman–Crippen MR) is 68.4 cm³/mol. The topological polar surface area (TPSA) is 92.8 Å². The Bertz CT molecular complexity index is 752. The van der Waals surface area contributed by atoms with Gasteiger partial charge in [-0.15, -0.1) is 0 Å². The summed E-state index contributed by atoms with van der Waals surface area (Å²) in [5.41, 5.74) is 3.05. The minimum Gasteiger partial charge on any atom is -0.453 e. The van der Waals surface area contributed by atoms with E-state index >= 15 is 0 Å². The number of nitrogens with one attached hydrogen (secondary N) is 2. The SMILES string of the molecule is COC(=O)NCc1nc2c(cnc3cccnc32)[nH]1. The Morgan fingerprint density at radius 2 is 2.32 bits per heavy atom. The number of pyridine rings is 2. The lowest BCUT2D eigenvalue weighted by Gasteiger charge is -1.99. The van der Waals surface area contributed by atoms with Gasteiger partial charge in [-0.3, -0.25) is 9.97 Å². The lowest BCUT2D eigenvalue weighted by atomic mass is 10.3. The molecule has 0 atom stereocenters. The molecular formula is C12H11N5O2. The molecule has 0 saturated heterocycles. The molecule has 3 aromatic rings. The molecule has 0 aromatic carbocycles. The van der Waals surface area contributed by atoms with Crippen LogP contribution in [0, 0.1) is 0 Å². The minimum absolute atomic E-state index is 0.260. The standard InChI is InChI=1S/C12H11N5O2/c1-19-12(18)15-6-9-16-8-5-14-7-3-2-4-13-10(7)11(8)17-9/h2-5H,6H2,1H3,(H,15,18)(H,16,17). The first-order chi connectivity index (χ1) is 9.28. The van der Waals surface area contributed by atoms with E-state index in [0.717, 1.165) is 22.1 Å². The lowest BCUT2D eigenvalue weighted by Crippen LogP contribution is -2.22. The third kappa shape index (κ3) is 2.05. The summed E-state index contributed by atoms with van der Waals surface area (Å²) in [4.78, 5) is 27.1. The summed E-state index contributed by atoms with van der Waals surface area (Å²) in [6.45, 7) is 0.260. The van der Waals surface area contributed by atoms with Gasteiger partial charge >= 0.3 is 6.09 Å². The number of aromatic nitrogens is 4. The highest BCUT2D eigenvalue weighted by molar-refractivity contribution is 5.98. The molecule has 7 nitrogen and oxygen atoms in total. The molecule has 0 aliphatic heterocycles. The van der Waals surface area contributed by atoms with E-state index in [1.807, 2.05) is 12.1 Å². The van der Waals surface area contributed by atoms with Crippen LogP contribution in [0.4, 0.5) is 4.79 Å². The van der Waals surface area contributed by atoms with E-state index in [1.165, 1.54) is 7.11 Å². The highest BCUT2D eigenvalue weighted by atomic mass is 16.5. The van der Waals surface area contributed by atoms with E-state index in [-0.39, 0.29) is 6.54 Å². The van der Waals surface area contributed by atoms with Crippen molar-refractivity contribution in [3.05, 3.63) is 30.4 Å². The highest BCUT2D eigenvalue weighted by Crippen LogP contribution is 2.19. The molecule has 0 radical (unpaired) electrons. The Balaban J connectivity index is 2.00. The molecule has 3 rings (SSSR count). The summed E-state index contributed by atoms with van der Waals surface area (Å²) in [5.74, 6) is 0.625. The molecule has 7 heteroatoms. The van der Waals surface area contributed by atoms with E-state index in [1.54, 1.807) is 12.4 Å². The van der Waals surface area contributed by atoms with Crippen LogP contribution in [-0.4, -0.2) is 33.1 Å². The number of rotatable bonds is 2. The number of aromatic amines is 1. The molecule has 3 heterocycles. The fourth-order valence-electron chi connectivity index (χ4n) is 1.84. The van der Waals surface area contributed by atoms with Crippen LogP contribution in [0.3, 0.4) is 0 Å². The Morgan fingerprint density at radius 3 is 3.16 bits per heavy atom. The molecule has 0 fully saturated rings. The number of hydrogen-bond donors (Lipinski definition) is 2. The molecule has 0 aliphatic carbocycles. The summed E-state index contributed by atoms with van der Waals surface area (Å²) >= 11 is 0. The van der Waals surface area contributed by atoms with Gasteiger partial charge < -0.3 is 15.0 Å². The predicted octanol–water partition coefficient (Wildman–Crippen LogP) is 1.36. The third-order valence-electron chi connectivity index (χ3n) is 2.71. The third-order valence-corrected chi connectivity index (χ3v) is 2.71. The van der Waals surface area contributed by atoms with Crippen molar-refractivity contribution in [2.24, 2.45) is 0 Å². The van der Waals surface area contributed by atoms with Gasteiger partial charge in [0, 0.05) is 6.20 Å². The van der Waals surface area contributed by atoms with E-state index in [2.05, 4.69) is 30.0 Å². The molecule has 19 heavy (non-hydrogen) atoms. The summed E-state index contributed by atoms with van der Waals surface area (Å²) < 4.78 is 4.50. The van der Waals surface area contributed by atoms with E-state index < -0.39 is 6.09 Å². The number of hydrogen-bond acceptors (Lipinski definition) is 5. The molecular weight excluding hydrogens is 246 g/mol. The number of imidazole rings is 1. The number of alkyl carbamates (subject to hydrolysis) is 1. The fourth-order valence-corrected chi connectivity index (χ4v) is 1.84. The van der Waals surface area contributed by atoms with Crippen LogP contribution in [0.1, 0.15) is 5.82 Å². The van der Waals surface area contributed by atoms with Gasteiger partial charge in [-0.1, -0.05) is 0 Å². The highest BCUT2D eigenvalue weighted by Gasteiger charge is 2.09. The number of fused-ring (bicyclic) bond motifs is 3. The van der Waals surface area contributed by atoms with Gasteiger partial charge in [-0.25, -0.2) is 9.78 Å². The Kier molecular flexibility index (Phi) is 2.71. The van der Waals surface area contributed by atoms with Crippen molar-refractivity contribution < 1.29 is 9.53 Å². The molecule has 0 aliphatic rings. The van der Waals surface area contributed by atoms with Crippen molar-refractivity contribution in [1.82, 2.24) is 25.3 Å². The summed E-state index contributed by atoms with van der Waals surface area (Å²) in [5, 5.41) is 2.56. The van der Waals surface area contributed by atoms with Gasteiger partial charge in [0.25, 0.3) is 0 Å². The molecule has 0 unspecified atom stereocenters. The van der Waals surface area contributed by atoms with Crippen molar-refractivity contribution in [3.8, 4) is 0 Å². The van der Waals surface area contributed by atoms with Crippen LogP contribution < -0.4 is 5.32 Å². The Morgan fingerprint density at radius 1 is 1.42 bits per heavy atom. The monoisotopic (exact) mass is 257 g/mol. The van der Waals surface area contributed by atoms with Crippen LogP contribution in [-0.2, 0) is 11.3 Å². The van der Waals surface area contributed by atoms with E-state index in [9.17, 15) is 4.79 Å². The van der Waals surface area contributed by atoms with Gasteiger partial charge in [0.2, 0.25) is 0 Å². The first kappa shape index (κ1) is 11.4. The number of amides is 1. The number of ether oxygens (including phenoxy) is 1. The number of carbonyl (C=O) groups excluding carboxylic acids is 1. The van der Waals surface area contributed by atoms with Gasteiger partial charge in [0.05, 0.1) is 30.9 Å². The van der Waals surface area contributed by atoms with Gasteiger partial charge in [0.1, 0.15) is 16.9 Å². The molecule has 3 aromatic heterocycles. The van der Waals surface area contributed by atoms with E-state index in [4.69, 9.17) is 0 Å². The average Bonchev–Trinajstić information content (AvgIpc) is 2.88. The quantitative estimate of drug-likeness (QED) is 0.723. The normalized spacial score (nSPS) is 10.8. The first-order valence-corrected chi connectivity index (χ1v) is 5.68. The second-order valence-electron chi connectivity index (χ2n) is 3.92. The van der Waals surface area contributed by atoms with Crippen molar-refractivity contribution in [2.75, 3.05) is 7.11 Å². The second kappa shape index (κ2) is 4.52. The molecule has 1 amide bonds. The lowest BCUT2D eigenvalue weighted by molar-refractivity contribution is 0.170. The number of carbonyl (C=O) groups is 1. The Labute approximate surface area is 108 Å². The first-order valence-electron chi connectivity index (χ1n) is 5.68. The minimum atomic E-state index is -0.499. The zero-order valence-corrected chi connectivity index (χ0v) is 10.2. The molecule has 96 valence electrons. The summed E-state index contributed by atoms with van der Waals surface area (Å²) in [7, 11) is 1.31. The maximum atomic E-state index is 11.0. The molecule has 0 spiro atoms. The smallest absolute Gasteiger partial charge is 0.407 e. The Hall–Kier alpha value is -2.70. The number of methoxy groups -OCH3 is 1. The molecule has 0 saturated carbocycles. The molecule has 0 bridgehead atoms. The van der Waals surface area contributed by atoms with Crippen molar-refractivity contribution in [3.63, 3.8) is 0 Å². The number of nitrogens with zero attached hydrogens (tertiary/aromatic N) is 3. The molecule has 2 N–H and O–H groups in total. The van der Waals surface area contributed by atoms with Crippen LogP contribution in [0.25, 0.3) is 22.1 Å². The maximum absolute atomic E-state index is 11.0. The largest absolute Gasteiger partial charge is 0.453 e. The summed E-state index contributed by atoms with van der Waals surface area (Å²) in [6, 6.07) is 3.70. The van der Waals surface area contributed by atoms with Crippen LogP contribution in [0.5, 0.6) is 0 Å². The number of H-pyrrole nitrogens is 1. The fraction of sp³-hybridized carbons (Fsp3) is 0.167. The van der Waals surface area contributed by atoms with Crippen LogP contribution in [0.15, 0.2) is 24.5 Å². The zero-order chi connectivity index (χ0) is 13.2. The van der Waals surface area contributed by atoms with Crippen molar-refractivity contribution in [1.29, 1.82) is 0 Å². The van der Waals surface area contributed by atoms with Crippen LogP contribution in [0.2, 0.25) is 0 Å². The maximum Gasteiger partial charge on any atom is 0.407 e. The van der Waals surface area contributed by atoms with Crippen molar-refractivity contribution in [2.45, 2.75) is 6.54 Å². The summed E-state index contributed by atoms with van der Waals surface area (Å²) in [6.07, 6.45) is 2.90. The second-order valence-corrected chi connectivity index (χ2v) is 3.92. The van der Waals surface area contributed by atoms with Gasteiger partial charge in [-0.05, 0) is 12.1 Å².